The molecule has 4 heteroatoms. The molecule has 0 unspecified atom stereocenters. The van der Waals surface area contributed by atoms with Gasteiger partial charge in [-0.2, -0.15) is 0 Å². The lowest BCUT2D eigenvalue weighted by Gasteiger charge is -1.95. The van der Waals surface area contributed by atoms with E-state index in [4.69, 9.17) is 11.6 Å². The van der Waals surface area contributed by atoms with Crippen molar-refractivity contribution in [2.24, 2.45) is 0 Å². The van der Waals surface area contributed by atoms with Crippen LogP contribution in [-0.4, -0.2) is 0 Å². The molecule has 1 aromatic carbocycles. The summed E-state index contributed by atoms with van der Waals surface area (Å²) in [6, 6.07) is 1.93. The van der Waals surface area contributed by atoms with Crippen LogP contribution in [0.2, 0.25) is 5.02 Å². The largest absolute Gasteiger partial charge is 0.207 e. The highest BCUT2D eigenvalue weighted by Gasteiger charge is 2.05. The Morgan fingerprint density at radius 2 is 1.90 bits per heavy atom. The molecule has 54 valence electrons. The average Bonchev–Trinajstić information content (AvgIpc) is 1.82. The van der Waals surface area contributed by atoms with Crippen LogP contribution in [0.25, 0.3) is 0 Å². The van der Waals surface area contributed by atoms with Crippen molar-refractivity contribution in [2.45, 2.75) is 0 Å². The second kappa shape index (κ2) is 2.84. The Morgan fingerprint density at radius 3 is 2.40 bits per heavy atom. The third kappa shape index (κ3) is 1.47. The Kier molecular flexibility index (Phi) is 2.26. The fourth-order valence-corrected chi connectivity index (χ4v) is 1.28. The lowest BCUT2D eigenvalue weighted by Crippen LogP contribution is -1.81. The van der Waals surface area contributed by atoms with Gasteiger partial charge in [-0.25, -0.2) is 8.78 Å². The fraction of sp³-hybridized carbons (Fsp3) is 0. The second-order valence-corrected chi connectivity index (χ2v) is 2.94. The number of hydrogen-bond acceptors (Lipinski definition) is 0. The van der Waals surface area contributed by atoms with Crippen molar-refractivity contribution < 1.29 is 8.78 Å². The Hall–Kier alpha value is -0.150. The molecule has 0 radical (unpaired) electrons. The van der Waals surface area contributed by atoms with Crippen LogP contribution < -0.4 is 0 Å². The quantitative estimate of drug-likeness (QED) is 0.471. The number of hydrogen-bond donors (Lipinski definition) is 0. The smallest absolute Gasteiger partial charge is 0.156 e. The Labute approximate surface area is 69.9 Å². The monoisotopic (exact) mass is 226 g/mol. The van der Waals surface area contributed by atoms with Crippen LogP contribution in [-0.2, 0) is 0 Å². The zero-order chi connectivity index (χ0) is 7.72. The third-order valence-electron chi connectivity index (χ3n) is 0.949. The first-order valence-electron chi connectivity index (χ1n) is 2.41. The summed E-state index contributed by atoms with van der Waals surface area (Å²) in [4.78, 5) is 0. The van der Waals surface area contributed by atoms with E-state index in [2.05, 4.69) is 15.9 Å². The first-order chi connectivity index (χ1) is 4.61. The molecule has 0 spiro atoms. The predicted octanol–water partition coefficient (Wildman–Crippen LogP) is 3.38. The summed E-state index contributed by atoms with van der Waals surface area (Å²) >= 11 is 8.07. The highest BCUT2D eigenvalue weighted by molar-refractivity contribution is 9.10. The molecular formula is C6H2BrClF2. The van der Waals surface area contributed by atoms with Gasteiger partial charge < -0.3 is 0 Å². The number of rotatable bonds is 0. The summed E-state index contributed by atoms with van der Waals surface area (Å²) in [7, 11) is 0. The van der Waals surface area contributed by atoms with E-state index in [0.717, 1.165) is 12.1 Å². The molecule has 1 rings (SSSR count). The van der Waals surface area contributed by atoms with E-state index in [1.807, 2.05) is 0 Å². The molecule has 0 saturated carbocycles. The summed E-state index contributed by atoms with van der Waals surface area (Å²) in [6.07, 6.45) is 0. The zero-order valence-corrected chi connectivity index (χ0v) is 7.01. The van der Waals surface area contributed by atoms with Crippen molar-refractivity contribution in [3.63, 3.8) is 0 Å². The molecule has 1 aromatic rings. The standard InChI is InChI=1S/C6H2BrClF2/c7-4-1-3(9)2-5(8)6(4)10/h1-2H. The lowest BCUT2D eigenvalue weighted by molar-refractivity contribution is 0.595. The van der Waals surface area contributed by atoms with Crippen LogP contribution >= 0.6 is 27.5 Å². The first-order valence-corrected chi connectivity index (χ1v) is 3.58. The molecule has 0 N–H and O–H groups in total. The highest BCUT2D eigenvalue weighted by atomic mass is 79.9. The maximum Gasteiger partial charge on any atom is 0.156 e. The van der Waals surface area contributed by atoms with Gasteiger partial charge in [0.15, 0.2) is 5.82 Å². The van der Waals surface area contributed by atoms with Gasteiger partial charge in [-0.05, 0) is 28.1 Å². The number of benzene rings is 1. The van der Waals surface area contributed by atoms with Gasteiger partial charge in [0.1, 0.15) is 5.82 Å². The van der Waals surface area contributed by atoms with Crippen LogP contribution in [0.3, 0.4) is 0 Å². The molecule has 0 atom stereocenters. The van der Waals surface area contributed by atoms with Crippen LogP contribution in [0.5, 0.6) is 0 Å². The molecule has 0 saturated heterocycles. The second-order valence-electron chi connectivity index (χ2n) is 1.68. The van der Waals surface area contributed by atoms with Crippen LogP contribution in [0.1, 0.15) is 0 Å². The van der Waals surface area contributed by atoms with Gasteiger partial charge in [0.25, 0.3) is 0 Å². The molecular weight excluding hydrogens is 225 g/mol. The van der Waals surface area contributed by atoms with Gasteiger partial charge >= 0.3 is 0 Å². The van der Waals surface area contributed by atoms with Gasteiger partial charge in [-0.3, -0.25) is 0 Å². The maximum atomic E-state index is 12.6. The molecule has 0 heterocycles. The maximum absolute atomic E-state index is 12.6. The topological polar surface area (TPSA) is 0 Å². The molecule has 0 aliphatic heterocycles. The van der Waals surface area contributed by atoms with Gasteiger partial charge in [0, 0.05) is 0 Å². The third-order valence-corrected chi connectivity index (χ3v) is 1.80. The first kappa shape index (κ1) is 7.95. The summed E-state index contributed by atoms with van der Waals surface area (Å²) in [5.41, 5.74) is 0. The highest BCUT2D eigenvalue weighted by Crippen LogP contribution is 2.23. The lowest BCUT2D eigenvalue weighted by atomic mass is 10.3. The van der Waals surface area contributed by atoms with Crippen molar-refractivity contribution in [1.29, 1.82) is 0 Å². The van der Waals surface area contributed by atoms with E-state index in [-0.39, 0.29) is 9.50 Å². The van der Waals surface area contributed by atoms with E-state index in [1.54, 1.807) is 0 Å². The van der Waals surface area contributed by atoms with Gasteiger partial charge in [0.2, 0.25) is 0 Å². The molecule has 0 amide bonds. The molecule has 0 nitrogen and oxygen atoms in total. The minimum Gasteiger partial charge on any atom is -0.207 e. The van der Waals surface area contributed by atoms with Gasteiger partial charge in [0.05, 0.1) is 9.50 Å². The van der Waals surface area contributed by atoms with E-state index >= 15 is 0 Å². The summed E-state index contributed by atoms with van der Waals surface area (Å²) in [6.45, 7) is 0. The Balaban J connectivity index is 3.31. The number of halogens is 4. The minimum absolute atomic E-state index is 0.0394. The molecule has 0 bridgehead atoms. The van der Waals surface area contributed by atoms with E-state index in [0.29, 0.717) is 0 Å². The normalized spacial score (nSPS) is 10.0. The van der Waals surface area contributed by atoms with Crippen molar-refractivity contribution in [3.05, 3.63) is 33.3 Å². The van der Waals surface area contributed by atoms with Crippen molar-refractivity contribution in [2.75, 3.05) is 0 Å². The van der Waals surface area contributed by atoms with Crippen molar-refractivity contribution >= 4 is 27.5 Å². The summed E-state index contributed by atoms with van der Waals surface area (Å²) in [5.74, 6) is -1.19. The van der Waals surface area contributed by atoms with Crippen molar-refractivity contribution in [3.8, 4) is 0 Å². The molecule has 0 aliphatic rings. The van der Waals surface area contributed by atoms with Crippen molar-refractivity contribution in [1.82, 2.24) is 0 Å². The average molecular weight is 227 g/mol. The Bertz CT molecular complexity index is 239. The minimum atomic E-state index is -0.636. The SMILES string of the molecule is Fc1cc(Cl)c(F)c(Br)c1. The predicted molar refractivity (Wildman–Crippen MR) is 39.1 cm³/mol. The molecule has 0 fully saturated rings. The summed E-state index contributed by atoms with van der Waals surface area (Å²) < 4.78 is 24.9. The fourth-order valence-electron chi connectivity index (χ4n) is 0.525. The van der Waals surface area contributed by atoms with E-state index < -0.39 is 11.6 Å². The van der Waals surface area contributed by atoms with Crippen LogP contribution in [0.4, 0.5) is 8.78 Å². The molecule has 0 aromatic heterocycles. The zero-order valence-electron chi connectivity index (χ0n) is 4.67. The van der Waals surface area contributed by atoms with E-state index in [9.17, 15) is 8.78 Å². The Morgan fingerprint density at radius 1 is 1.30 bits per heavy atom. The molecule has 10 heavy (non-hydrogen) atoms. The van der Waals surface area contributed by atoms with Gasteiger partial charge in [-0.1, -0.05) is 11.6 Å². The van der Waals surface area contributed by atoms with E-state index in [1.165, 1.54) is 0 Å². The van der Waals surface area contributed by atoms with Gasteiger partial charge in [-0.15, -0.1) is 0 Å². The van der Waals surface area contributed by atoms with Crippen LogP contribution in [0, 0.1) is 11.6 Å². The summed E-state index contributed by atoms with van der Waals surface area (Å²) in [5, 5.41) is -0.216. The molecule has 0 aliphatic carbocycles. The van der Waals surface area contributed by atoms with Crippen LogP contribution in [0.15, 0.2) is 16.6 Å².